The first-order valence-electron chi connectivity index (χ1n) is 10.4. The van der Waals surface area contributed by atoms with Crippen LogP contribution in [0.5, 0.6) is 0 Å². The van der Waals surface area contributed by atoms with Crippen molar-refractivity contribution in [1.29, 1.82) is 0 Å². The van der Waals surface area contributed by atoms with Crippen molar-refractivity contribution in [2.45, 2.75) is 56.3 Å². The van der Waals surface area contributed by atoms with Crippen LogP contribution in [0.4, 0.5) is 0 Å². The summed E-state index contributed by atoms with van der Waals surface area (Å²) in [5.74, 6) is 0.695. The number of carbonyl (C=O) groups excluding carboxylic acids is 1. The average molecular weight is 416 g/mol. The molecule has 1 saturated carbocycles. The minimum atomic E-state index is -0.376. The molecule has 1 aliphatic heterocycles. The van der Waals surface area contributed by atoms with Crippen LogP contribution >= 0.6 is 23.2 Å². The monoisotopic (exact) mass is 415 g/mol. The predicted octanol–water partition coefficient (Wildman–Crippen LogP) is 6.60. The zero-order valence-electron chi connectivity index (χ0n) is 16.2. The first-order valence-corrected chi connectivity index (χ1v) is 11.1. The lowest BCUT2D eigenvalue weighted by molar-refractivity contribution is -0.137. The Morgan fingerprint density at radius 3 is 2.11 bits per heavy atom. The Bertz CT molecular complexity index is 810. The fourth-order valence-electron chi connectivity index (χ4n) is 5.01. The van der Waals surface area contributed by atoms with Gasteiger partial charge in [-0.05, 0) is 61.1 Å². The molecule has 2 aliphatic rings. The van der Waals surface area contributed by atoms with Gasteiger partial charge in [0.1, 0.15) is 0 Å². The molecule has 2 nitrogen and oxygen atoms in total. The average Bonchev–Trinajstić information content (AvgIpc) is 3.08. The van der Waals surface area contributed by atoms with E-state index in [9.17, 15) is 4.79 Å². The Kier molecular flexibility index (Phi) is 5.99. The lowest BCUT2D eigenvalue weighted by Gasteiger charge is -2.35. The molecule has 1 amide bonds. The van der Waals surface area contributed by atoms with Crippen molar-refractivity contribution >= 4 is 29.1 Å². The van der Waals surface area contributed by atoms with Gasteiger partial charge >= 0.3 is 0 Å². The second-order valence-corrected chi connectivity index (χ2v) is 9.16. The van der Waals surface area contributed by atoms with E-state index in [4.69, 9.17) is 23.2 Å². The van der Waals surface area contributed by atoms with Gasteiger partial charge in [0.2, 0.25) is 5.91 Å². The third-order valence-electron chi connectivity index (χ3n) is 6.56. The fraction of sp³-hybridized carbons (Fsp3) is 0.458. The highest BCUT2D eigenvalue weighted by atomic mass is 35.5. The molecule has 28 heavy (non-hydrogen) atoms. The third kappa shape index (κ3) is 3.95. The van der Waals surface area contributed by atoms with Gasteiger partial charge < -0.3 is 4.90 Å². The molecular formula is C24H27Cl2NO. The maximum absolute atomic E-state index is 13.9. The Morgan fingerprint density at radius 1 is 0.857 bits per heavy atom. The number of halogens is 2. The number of benzene rings is 2. The number of nitrogens with zero attached hydrogens (tertiary/aromatic N) is 1. The first kappa shape index (κ1) is 19.8. The van der Waals surface area contributed by atoms with Crippen molar-refractivity contribution < 1.29 is 4.79 Å². The summed E-state index contributed by atoms with van der Waals surface area (Å²) in [4.78, 5) is 16.0. The summed E-state index contributed by atoms with van der Waals surface area (Å²) in [5, 5.41) is 1.49. The Morgan fingerprint density at radius 2 is 1.46 bits per heavy atom. The molecule has 1 unspecified atom stereocenters. The minimum absolute atomic E-state index is 0.313. The lowest BCUT2D eigenvalue weighted by Crippen LogP contribution is -2.46. The largest absolute Gasteiger partial charge is 0.341 e. The molecular weight excluding hydrogens is 389 g/mol. The normalized spacial score (nSPS) is 22.1. The summed E-state index contributed by atoms with van der Waals surface area (Å²) >= 11 is 12.2. The van der Waals surface area contributed by atoms with Gasteiger partial charge in [0.15, 0.2) is 0 Å². The summed E-state index contributed by atoms with van der Waals surface area (Å²) in [7, 11) is 0. The molecule has 0 spiro atoms. The highest BCUT2D eigenvalue weighted by molar-refractivity contribution is 6.30. The third-order valence-corrected chi connectivity index (χ3v) is 7.07. The standard InChI is InChI=1S/C24H27Cl2NO/c25-21-10-6-18(7-11-21)19-5-1-4-16-27(17-19)23(28)24(14-2-3-15-24)20-8-12-22(26)13-9-20/h6-13,19H,1-5,14-17H2. The van der Waals surface area contributed by atoms with Crippen LogP contribution in [0.15, 0.2) is 48.5 Å². The first-order chi connectivity index (χ1) is 13.6. The van der Waals surface area contributed by atoms with Gasteiger partial charge in [-0.2, -0.15) is 0 Å². The zero-order valence-corrected chi connectivity index (χ0v) is 17.7. The molecule has 0 N–H and O–H groups in total. The van der Waals surface area contributed by atoms with Gasteiger partial charge in [0, 0.05) is 29.1 Å². The van der Waals surface area contributed by atoms with Crippen LogP contribution in [0.1, 0.15) is 62.0 Å². The second-order valence-electron chi connectivity index (χ2n) is 8.29. The maximum Gasteiger partial charge on any atom is 0.233 e. The van der Waals surface area contributed by atoms with Gasteiger partial charge in [0.25, 0.3) is 0 Å². The predicted molar refractivity (Wildman–Crippen MR) is 116 cm³/mol. The summed E-state index contributed by atoms with van der Waals surface area (Å²) < 4.78 is 0. The molecule has 0 radical (unpaired) electrons. The van der Waals surface area contributed by atoms with Gasteiger partial charge in [-0.25, -0.2) is 0 Å². The zero-order chi connectivity index (χ0) is 19.6. The number of likely N-dealkylation sites (tertiary alicyclic amines) is 1. The van der Waals surface area contributed by atoms with Gasteiger partial charge in [-0.1, -0.05) is 66.7 Å². The topological polar surface area (TPSA) is 20.3 Å². The van der Waals surface area contributed by atoms with Crippen molar-refractivity contribution in [2.24, 2.45) is 0 Å². The summed E-state index contributed by atoms with van der Waals surface area (Å²) in [6.07, 6.45) is 7.47. The molecule has 4 rings (SSSR count). The molecule has 1 atom stereocenters. The van der Waals surface area contributed by atoms with Crippen LogP contribution in [0.2, 0.25) is 10.0 Å². The second kappa shape index (κ2) is 8.47. The summed E-state index contributed by atoms with van der Waals surface area (Å²) in [6.45, 7) is 1.66. The van der Waals surface area contributed by atoms with Crippen molar-refractivity contribution in [3.63, 3.8) is 0 Å². The number of hydrogen-bond donors (Lipinski definition) is 0. The molecule has 148 valence electrons. The Hall–Kier alpha value is -1.51. The van der Waals surface area contributed by atoms with E-state index >= 15 is 0 Å². The maximum atomic E-state index is 13.9. The van der Waals surface area contributed by atoms with E-state index in [1.54, 1.807) is 0 Å². The van der Waals surface area contributed by atoms with E-state index < -0.39 is 0 Å². The molecule has 0 bridgehead atoms. The molecule has 1 aliphatic carbocycles. The van der Waals surface area contributed by atoms with Crippen LogP contribution < -0.4 is 0 Å². The molecule has 4 heteroatoms. The number of rotatable bonds is 3. The van der Waals surface area contributed by atoms with Crippen LogP contribution in [0, 0.1) is 0 Å². The van der Waals surface area contributed by atoms with Crippen molar-refractivity contribution in [1.82, 2.24) is 4.90 Å². The molecule has 0 aromatic heterocycles. The number of hydrogen-bond acceptors (Lipinski definition) is 1. The molecule has 2 aromatic carbocycles. The molecule has 1 heterocycles. The highest BCUT2D eigenvalue weighted by Crippen LogP contribution is 2.43. The van der Waals surface area contributed by atoms with E-state index in [2.05, 4.69) is 29.2 Å². The van der Waals surface area contributed by atoms with Gasteiger partial charge in [-0.3, -0.25) is 4.79 Å². The summed E-state index contributed by atoms with van der Waals surface area (Å²) in [5.41, 5.74) is 2.04. The van der Waals surface area contributed by atoms with Gasteiger partial charge in [-0.15, -0.1) is 0 Å². The van der Waals surface area contributed by atoms with Crippen LogP contribution in [0.25, 0.3) is 0 Å². The van der Waals surface area contributed by atoms with E-state index in [1.807, 2.05) is 24.3 Å². The smallest absolute Gasteiger partial charge is 0.233 e. The Balaban J connectivity index is 1.60. The Labute approximate surface area is 177 Å². The molecule has 2 aromatic rings. The van der Waals surface area contributed by atoms with E-state index in [-0.39, 0.29) is 5.41 Å². The van der Waals surface area contributed by atoms with Crippen molar-refractivity contribution in [3.8, 4) is 0 Å². The molecule has 1 saturated heterocycles. The molecule has 2 fully saturated rings. The SMILES string of the molecule is O=C(N1CCCCC(c2ccc(Cl)cc2)C1)C1(c2ccc(Cl)cc2)CCCC1. The fourth-order valence-corrected chi connectivity index (χ4v) is 5.26. The van der Waals surface area contributed by atoms with Crippen LogP contribution in [0.3, 0.4) is 0 Å². The number of amides is 1. The van der Waals surface area contributed by atoms with Crippen LogP contribution in [-0.4, -0.2) is 23.9 Å². The van der Waals surface area contributed by atoms with E-state index in [1.165, 1.54) is 5.56 Å². The van der Waals surface area contributed by atoms with E-state index in [0.717, 1.165) is 73.6 Å². The van der Waals surface area contributed by atoms with Crippen molar-refractivity contribution in [3.05, 3.63) is 69.7 Å². The van der Waals surface area contributed by atoms with Crippen molar-refractivity contribution in [2.75, 3.05) is 13.1 Å². The minimum Gasteiger partial charge on any atom is -0.341 e. The lowest BCUT2D eigenvalue weighted by atomic mass is 9.77. The quantitative estimate of drug-likeness (QED) is 0.552. The highest BCUT2D eigenvalue weighted by Gasteiger charge is 2.45. The van der Waals surface area contributed by atoms with Crippen LogP contribution in [-0.2, 0) is 10.2 Å². The number of carbonyl (C=O) groups is 1. The summed E-state index contributed by atoms with van der Waals surface area (Å²) in [6, 6.07) is 16.1. The van der Waals surface area contributed by atoms with E-state index in [0.29, 0.717) is 11.8 Å². The van der Waals surface area contributed by atoms with Gasteiger partial charge in [0.05, 0.1) is 5.41 Å².